The van der Waals surface area contributed by atoms with Crippen LogP contribution in [0.5, 0.6) is 11.5 Å². The molecule has 1 aliphatic rings. The van der Waals surface area contributed by atoms with Crippen LogP contribution in [-0.4, -0.2) is 39.8 Å². The molecule has 156 valence electrons. The van der Waals surface area contributed by atoms with E-state index in [1.165, 1.54) is 7.11 Å². The van der Waals surface area contributed by atoms with Crippen molar-refractivity contribution >= 4 is 21.6 Å². The average Bonchev–Trinajstić information content (AvgIpc) is 2.64. The van der Waals surface area contributed by atoms with E-state index in [-0.39, 0.29) is 12.6 Å². The summed E-state index contributed by atoms with van der Waals surface area (Å²) in [4.78, 5) is 12.9. The van der Waals surface area contributed by atoms with Crippen LogP contribution in [0.25, 0.3) is 0 Å². The average molecular weight is 419 g/mol. The minimum atomic E-state index is -3.70. The fourth-order valence-corrected chi connectivity index (χ4v) is 4.38. The Kier molecular flexibility index (Phi) is 5.75. The maximum Gasteiger partial charge on any atom is 0.241 e. The Labute approximate surface area is 171 Å². The fraction of sp³-hybridized carbons (Fsp3) is 0.381. The number of sulfonamides is 1. The number of fused-ring (bicyclic) bond motifs is 1. The van der Waals surface area contributed by atoms with Gasteiger partial charge in [0.1, 0.15) is 23.6 Å². The molecule has 1 aliphatic heterocycles. The van der Waals surface area contributed by atoms with Crippen molar-refractivity contribution in [1.29, 1.82) is 0 Å². The molecular weight excluding hydrogens is 392 g/mol. The van der Waals surface area contributed by atoms with Gasteiger partial charge in [-0.15, -0.1) is 0 Å². The van der Waals surface area contributed by atoms with Gasteiger partial charge in [-0.05, 0) is 32.0 Å². The van der Waals surface area contributed by atoms with E-state index in [0.29, 0.717) is 17.9 Å². The molecule has 3 rings (SSSR count). The summed E-state index contributed by atoms with van der Waals surface area (Å²) < 4.78 is 37.1. The van der Waals surface area contributed by atoms with Crippen molar-refractivity contribution < 1.29 is 22.7 Å². The molecule has 0 saturated carbocycles. The van der Waals surface area contributed by atoms with Crippen molar-refractivity contribution in [1.82, 2.24) is 5.32 Å². The first-order chi connectivity index (χ1) is 13.6. The number of nitrogens with zero attached hydrogens (tertiary/aromatic N) is 1. The molecule has 0 radical (unpaired) electrons. The molecule has 1 unspecified atom stereocenters. The number of methoxy groups -OCH3 is 1. The zero-order valence-corrected chi connectivity index (χ0v) is 17.8. The molecule has 0 spiro atoms. The monoisotopic (exact) mass is 418 g/mol. The number of rotatable bonds is 6. The molecule has 1 atom stereocenters. The van der Waals surface area contributed by atoms with Crippen molar-refractivity contribution in [2.45, 2.75) is 31.9 Å². The third-order valence-corrected chi connectivity index (χ3v) is 5.88. The first-order valence-corrected chi connectivity index (χ1v) is 11.1. The lowest BCUT2D eigenvalue weighted by molar-refractivity contribution is -0.120. The van der Waals surface area contributed by atoms with Crippen molar-refractivity contribution in [3.8, 4) is 11.5 Å². The number of nitrogens with one attached hydrogen (secondary N) is 1. The van der Waals surface area contributed by atoms with E-state index in [0.717, 1.165) is 21.9 Å². The molecule has 1 N–H and O–H groups in total. The summed E-state index contributed by atoms with van der Waals surface area (Å²) >= 11 is 0. The second-order valence-corrected chi connectivity index (χ2v) is 9.57. The van der Waals surface area contributed by atoms with Crippen LogP contribution in [0.3, 0.4) is 0 Å². The minimum Gasteiger partial charge on any atom is -0.495 e. The second-order valence-electron chi connectivity index (χ2n) is 7.67. The van der Waals surface area contributed by atoms with Crippen molar-refractivity contribution in [2.75, 3.05) is 24.2 Å². The van der Waals surface area contributed by atoms with Gasteiger partial charge in [0.15, 0.2) is 0 Å². The highest BCUT2D eigenvalue weighted by Crippen LogP contribution is 2.39. The van der Waals surface area contributed by atoms with Gasteiger partial charge in [-0.3, -0.25) is 9.10 Å². The number of para-hydroxylation sites is 3. The van der Waals surface area contributed by atoms with Crippen LogP contribution in [0.2, 0.25) is 0 Å². The fourth-order valence-electron chi connectivity index (χ4n) is 3.52. The third kappa shape index (κ3) is 4.82. The van der Waals surface area contributed by atoms with Crippen LogP contribution in [-0.2, 0) is 14.8 Å². The summed E-state index contributed by atoms with van der Waals surface area (Å²) in [6.07, 6.45) is 1.64. The van der Waals surface area contributed by atoms with Gasteiger partial charge < -0.3 is 14.8 Å². The highest BCUT2D eigenvalue weighted by atomic mass is 32.2. The van der Waals surface area contributed by atoms with Gasteiger partial charge in [-0.25, -0.2) is 8.42 Å². The van der Waals surface area contributed by atoms with E-state index < -0.39 is 21.5 Å². The van der Waals surface area contributed by atoms with Gasteiger partial charge in [-0.2, -0.15) is 0 Å². The quantitative estimate of drug-likeness (QED) is 0.780. The summed E-state index contributed by atoms with van der Waals surface area (Å²) in [6, 6.07) is 14.0. The van der Waals surface area contributed by atoms with Crippen molar-refractivity contribution in [2.24, 2.45) is 0 Å². The highest BCUT2D eigenvalue weighted by molar-refractivity contribution is 7.92. The number of hydrogen-bond acceptors (Lipinski definition) is 5. The number of anilines is 1. The number of benzene rings is 2. The number of carbonyl (C=O) groups is 1. The van der Waals surface area contributed by atoms with Gasteiger partial charge in [0, 0.05) is 12.0 Å². The maximum absolute atomic E-state index is 12.9. The summed E-state index contributed by atoms with van der Waals surface area (Å²) in [6.45, 7) is 3.57. The molecular formula is C21H26N2O5S. The Bertz CT molecular complexity index is 1000. The summed E-state index contributed by atoms with van der Waals surface area (Å²) in [5.41, 5.74) is 0.745. The van der Waals surface area contributed by atoms with E-state index in [9.17, 15) is 13.2 Å². The molecule has 29 heavy (non-hydrogen) atoms. The normalized spacial score (nSPS) is 17.6. The number of ether oxygens (including phenoxy) is 2. The molecule has 8 heteroatoms. The molecule has 1 amide bonds. The van der Waals surface area contributed by atoms with E-state index in [1.807, 2.05) is 38.1 Å². The molecule has 0 fully saturated rings. The minimum absolute atomic E-state index is 0.276. The molecule has 2 aromatic carbocycles. The SMILES string of the molecule is COc1ccccc1N(CC(=O)NC1CC(C)(C)Oc2ccccc21)S(C)(=O)=O. The Hall–Kier alpha value is -2.74. The van der Waals surface area contributed by atoms with Crippen LogP contribution >= 0.6 is 0 Å². The van der Waals surface area contributed by atoms with Gasteiger partial charge in [-0.1, -0.05) is 30.3 Å². The first-order valence-electron chi connectivity index (χ1n) is 9.29. The maximum atomic E-state index is 12.9. The van der Waals surface area contributed by atoms with Gasteiger partial charge >= 0.3 is 0 Å². The first kappa shape index (κ1) is 21.0. The van der Waals surface area contributed by atoms with Gasteiger partial charge in [0.05, 0.1) is 25.1 Å². The number of amides is 1. The predicted molar refractivity (Wildman–Crippen MR) is 112 cm³/mol. The van der Waals surface area contributed by atoms with Crippen LogP contribution in [0, 0.1) is 0 Å². The third-order valence-electron chi connectivity index (χ3n) is 4.75. The lowest BCUT2D eigenvalue weighted by Gasteiger charge is -2.38. The van der Waals surface area contributed by atoms with E-state index in [1.54, 1.807) is 24.3 Å². The summed E-state index contributed by atoms with van der Waals surface area (Å²) in [5, 5.41) is 2.97. The largest absolute Gasteiger partial charge is 0.495 e. The number of carbonyl (C=O) groups excluding carboxylic acids is 1. The lowest BCUT2D eigenvalue weighted by atomic mass is 9.89. The Morgan fingerprint density at radius 2 is 1.86 bits per heavy atom. The van der Waals surface area contributed by atoms with E-state index in [4.69, 9.17) is 9.47 Å². The van der Waals surface area contributed by atoms with Crippen LogP contribution in [0.4, 0.5) is 5.69 Å². The van der Waals surface area contributed by atoms with Crippen LogP contribution in [0.15, 0.2) is 48.5 Å². The van der Waals surface area contributed by atoms with E-state index >= 15 is 0 Å². The zero-order valence-electron chi connectivity index (χ0n) is 17.0. The molecule has 0 aromatic heterocycles. The lowest BCUT2D eigenvalue weighted by Crippen LogP contribution is -2.45. The Morgan fingerprint density at radius 3 is 2.55 bits per heavy atom. The Morgan fingerprint density at radius 1 is 1.21 bits per heavy atom. The number of hydrogen-bond donors (Lipinski definition) is 1. The molecule has 0 aliphatic carbocycles. The van der Waals surface area contributed by atoms with Gasteiger partial charge in [0.2, 0.25) is 15.9 Å². The zero-order chi connectivity index (χ0) is 21.2. The molecule has 0 saturated heterocycles. The predicted octanol–water partition coefficient (Wildman–Crippen LogP) is 2.88. The molecule has 7 nitrogen and oxygen atoms in total. The summed E-state index contributed by atoms with van der Waals surface area (Å²) in [7, 11) is -2.24. The van der Waals surface area contributed by atoms with E-state index in [2.05, 4.69) is 5.32 Å². The van der Waals surface area contributed by atoms with Crippen molar-refractivity contribution in [3.05, 3.63) is 54.1 Å². The van der Waals surface area contributed by atoms with Crippen molar-refractivity contribution in [3.63, 3.8) is 0 Å². The van der Waals surface area contributed by atoms with Crippen LogP contribution < -0.4 is 19.1 Å². The summed E-state index contributed by atoms with van der Waals surface area (Å²) in [5.74, 6) is 0.695. The molecule has 2 aromatic rings. The second kappa shape index (κ2) is 7.94. The Balaban J connectivity index is 1.85. The highest BCUT2D eigenvalue weighted by Gasteiger charge is 2.35. The van der Waals surface area contributed by atoms with Crippen LogP contribution in [0.1, 0.15) is 31.9 Å². The smallest absolute Gasteiger partial charge is 0.241 e. The standard InChI is InChI=1S/C21H26N2O5S/c1-21(2)13-16(15-9-5-7-11-18(15)28-21)22-20(24)14-23(29(4,25)26)17-10-6-8-12-19(17)27-3/h5-12,16H,13-14H2,1-4H3,(H,22,24). The molecule has 0 bridgehead atoms. The topological polar surface area (TPSA) is 84.9 Å². The van der Waals surface area contributed by atoms with Gasteiger partial charge in [0.25, 0.3) is 0 Å². The molecule has 1 heterocycles.